The fraction of sp³-hybridized carbons (Fsp3) is 0.265. The molecular formula is C34H37NO3. The van der Waals surface area contributed by atoms with Crippen molar-refractivity contribution in [3.8, 4) is 16.9 Å². The average Bonchev–Trinajstić information content (AvgIpc) is 2.96. The second kappa shape index (κ2) is 13.1. The first-order valence-electron chi connectivity index (χ1n) is 13.2. The normalized spacial score (nSPS) is 12.7. The summed E-state index contributed by atoms with van der Waals surface area (Å²) >= 11 is 0. The lowest BCUT2D eigenvalue weighted by Gasteiger charge is -2.37. The first-order chi connectivity index (χ1) is 18.5. The number of benzene rings is 4. The minimum absolute atomic E-state index is 0.0670. The number of carbonyl (C=O) groups is 1. The number of aryl methyl sites for hydroxylation is 1. The van der Waals surface area contributed by atoms with Gasteiger partial charge in [0.2, 0.25) is 0 Å². The molecule has 0 aliphatic heterocycles. The summed E-state index contributed by atoms with van der Waals surface area (Å²) in [6, 6.07) is 35.5. The van der Waals surface area contributed by atoms with Gasteiger partial charge in [-0.05, 0) is 72.4 Å². The predicted octanol–water partition coefficient (Wildman–Crippen LogP) is 7.93. The van der Waals surface area contributed by atoms with E-state index < -0.39 is 0 Å². The van der Waals surface area contributed by atoms with Gasteiger partial charge >= 0.3 is 5.97 Å². The van der Waals surface area contributed by atoms with Crippen molar-refractivity contribution in [2.45, 2.75) is 45.8 Å². The molecule has 4 aromatic rings. The summed E-state index contributed by atoms with van der Waals surface area (Å²) in [5.74, 6) is 0.623. The van der Waals surface area contributed by atoms with E-state index in [0.29, 0.717) is 13.2 Å². The Morgan fingerprint density at radius 2 is 1.55 bits per heavy atom. The molecule has 0 bridgehead atoms. The van der Waals surface area contributed by atoms with Crippen LogP contribution in [0.4, 0.5) is 0 Å². The maximum absolute atomic E-state index is 13.0. The van der Waals surface area contributed by atoms with Crippen molar-refractivity contribution < 1.29 is 14.3 Å². The number of hydrogen-bond donors (Lipinski definition) is 0. The zero-order valence-electron chi connectivity index (χ0n) is 22.8. The van der Waals surface area contributed by atoms with Gasteiger partial charge in [-0.15, -0.1) is 0 Å². The Kier molecular flexibility index (Phi) is 9.34. The number of nitrogens with zero attached hydrogens (tertiary/aromatic N) is 1. The Morgan fingerprint density at radius 1 is 0.842 bits per heavy atom. The van der Waals surface area contributed by atoms with Crippen LogP contribution in [-0.2, 0) is 16.1 Å². The van der Waals surface area contributed by atoms with Crippen molar-refractivity contribution in [3.63, 3.8) is 0 Å². The van der Waals surface area contributed by atoms with Crippen LogP contribution >= 0.6 is 0 Å². The zero-order chi connectivity index (χ0) is 26.9. The highest BCUT2D eigenvalue weighted by molar-refractivity contribution is 5.72. The largest absolute Gasteiger partial charge is 0.497 e. The Morgan fingerprint density at radius 3 is 2.24 bits per heavy atom. The lowest BCUT2D eigenvalue weighted by molar-refractivity contribution is -0.145. The monoisotopic (exact) mass is 507 g/mol. The molecule has 4 heteroatoms. The summed E-state index contributed by atoms with van der Waals surface area (Å²) in [5, 5.41) is 0. The number of esters is 1. The maximum Gasteiger partial charge on any atom is 0.307 e. The van der Waals surface area contributed by atoms with E-state index in [1.807, 2.05) is 31.2 Å². The van der Waals surface area contributed by atoms with Gasteiger partial charge in [-0.3, -0.25) is 9.69 Å². The van der Waals surface area contributed by atoms with Crippen LogP contribution < -0.4 is 4.74 Å². The van der Waals surface area contributed by atoms with E-state index in [4.69, 9.17) is 9.47 Å². The molecule has 0 unspecified atom stereocenters. The Hall–Kier alpha value is -3.89. The van der Waals surface area contributed by atoms with Crippen molar-refractivity contribution in [2.75, 3.05) is 13.7 Å². The number of methoxy groups -OCH3 is 1. The van der Waals surface area contributed by atoms with Crippen molar-refractivity contribution in [1.29, 1.82) is 0 Å². The van der Waals surface area contributed by atoms with E-state index in [2.05, 4.69) is 97.6 Å². The Bertz CT molecular complexity index is 1320. The second-order valence-electron chi connectivity index (χ2n) is 9.58. The van der Waals surface area contributed by atoms with Crippen LogP contribution in [-0.4, -0.2) is 24.6 Å². The second-order valence-corrected chi connectivity index (χ2v) is 9.58. The van der Waals surface area contributed by atoms with Crippen molar-refractivity contribution in [3.05, 3.63) is 125 Å². The molecule has 0 aliphatic carbocycles. The summed E-state index contributed by atoms with van der Waals surface area (Å²) in [4.78, 5) is 15.4. The van der Waals surface area contributed by atoms with Gasteiger partial charge in [-0.25, -0.2) is 0 Å². The minimum atomic E-state index is -0.195. The number of hydrogen-bond acceptors (Lipinski definition) is 4. The van der Waals surface area contributed by atoms with Crippen molar-refractivity contribution in [1.82, 2.24) is 4.90 Å². The lowest BCUT2D eigenvalue weighted by Crippen LogP contribution is -2.33. The smallest absolute Gasteiger partial charge is 0.307 e. The fourth-order valence-corrected chi connectivity index (χ4v) is 4.99. The summed E-state index contributed by atoms with van der Waals surface area (Å²) in [5.41, 5.74) is 6.87. The van der Waals surface area contributed by atoms with Crippen LogP contribution in [0.5, 0.6) is 5.75 Å². The van der Waals surface area contributed by atoms with Crippen LogP contribution in [0.3, 0.4) is 0 Å². The summed E-state index contributed by atoms with van der Waals surface area (Å²) in [6.07, 6.45) is 0.262. The van der Waals surface area contributed by atoms with E-state index in [0.717, 1.165) is 22.4 Å². The van der Waals surface area contributed by atoms with Gasteiger partial charge in [0.25, 0.3) is 0 Å². The summed E-state index contributed by atoms with van der Waals surface area (Å²) in [6.45, 7) is 7.25. The topological polar surface area (TPSA) is 38.8 Å². The molecule has 196 valence electrons. The maximum atomic E-state index is 13.0. The third-order valence-electron chi connectivity index (χ3n) is 7.08. The predicted molar refractivity (Wildman–Crippen MR) is 154 cm³/mol. The molecule has 0 saturated heterocycles. The van der Waals surface area contributed by atoms with Crippen LogP contribution in [0.25, 0.3) is 11.1 Å². The highest BCUT2D eigenvalue weighted by atomic mass is 16.5. The molecule has 0 amide bonds. The van der Waals surface area contributed by atoms with Gasteiger partial charge in [0.1, 0.15) is 5.75 Å². The SMILES string of the molecule is CCOC(=O)C[C@@H](c1ccc(C)c(-c2cccc(OC)c2)c1)N(Cc1ccccc1)[C@H](C)c1ccccc1. The average molecular weight is 508 g/mol. The molecule has 0 spiro atoms. The highest BCUT2D eigenvalue weighted by Gasteiger charge is 2.29. The molecule has 4 aromatic carbocycles. The lowest BCUT2D eigenvalue weighted by atomic mass is 9.92. The molecule has 0 fully saturated rings. The first-order valence-corrected chi connectivity index (χ1v) is 13.2. The molecule has 0 saturated carbocycles. The number of ether oxygens (including phenoxy) is 2. The number of rotatable bonds is 11. The van der Waals surface area contributed by atoms with Gasteiger partial charge in [-0.1, -0.05) is 84.9 Å². The summed E-state index contributed by atoms with van der Waals surface area (Å²) < 4.78 is 11.0. The van der Waals surface area contributed by atoms with Crippen LogP contribution in [0, 0.1) is 6.92 Å². The van der Waals surface area contributed by atoms with Gasteiger partial charge in [0, 0.05) is 18.6 Å². The molecule has 2 atom stereocenters. The molecular weight excluding hydrogens is 470 g/mol. The van der Waals surface area contributed by atoms with Crippen LogP contribution in [0.1, 0.15) is 54.6 Å². The van der Waals surface area contributed by atoms with E-state index in [9.17, 15) is 4.79 Å². The molecule has 0 aromatic heterocycles. The molecule has 0 radical (unpaired) electrons. The minimum Gasteiger partial charge on any atom is -0.497 e. The Balaban J connectivity index is 1.82. The van der Waals surface area contributed by atoms with Gasteiger partial charge in [0.15, 0.2) is 0 Å². The first kappa shape index (κ1) is 27.2. The standard InChI is InChI=1S/C34H37NO3/c1-5-38-34(36)23-33(30-20-19-25(2)32(22-30)29-17-12-18-31(21-29)37-4)35(24-27-13-8-6-9-14-27)26(3)28-15-10-7-11-16-28/h6-22,26,33H,5,23-24H2,1-4H3/t26-,33+/m1/s1. The molecule has 4 rings (SSSR count). The van der Waals surface area contributed by atoms with Gasteiger partial charge < -0.3 is 9.47 Å². The van der Waals surface area contributed by atoms with E-state index in [-0.39, 0.29) is 24.5 Å². The summed E-state index contributed by atoms with van der Waals surface area (Å²) in [7, 11) is 1.68. The van der Waals surface area contributed by atoms with Gasteiger partial charge in [0.05, 0.1) is 20.1 Å². The third kappa shape index (κ3) is 6.70. The van der Waals surface area contributed by atoms with E-state index in [1.54, 1.807) is 7.11 Å². The van der Waals surface area contributed by atoms with E-state index >= 15 is 0 Å². The van der Waals surface area contributed by atoms with Crippen LogP contribution in [0.2, 0.25) is 0 Å². The third-order valence-corrected chi connectivity index (χ3v) is 7.08. The molecule has 38 heavy (non-hydrogen) atoms. The van der Waals surface area contributed by atoms with Crippen molar-refractivity contribution in [2.24, 2.45) is 0 Å². The van der Waals surface area contributed by atoms with E-state index in [1.165, 1.54) is 16.7 Å². The zero-order valence-corrected chi connectivity index (χ0v) is 22.8. The molecule has 0 heterocycles. The highest BCUT2D eigenvalue weighted by Crippen LogP contribution is 2.37. The Labute approximate surface area is 226 Å². The fourth-order valence-electron chi connectivity index (χ4n) is 4.99. The molecule has 0 N–H and O–H groups in total. The molecule has 4 nitrogen and oxygen atoms in total. The van der Waals surface area contributed by atoms with Crippen LogP contribution in [0.15, 0.2) is 103 Å². The molecule has 0 aliphatic rings. The van der Waals surface area contributed by atoms with Gasteiger partial charge in [-0.2, -0.15) is 0 Å². The quantitative estimate of drug-likeness (QED) is 0.193. The number of carbonyl (C=O) groups excluding carboxylic acids is 1. The van der Waals surface area contributed by atoms with Crippen molar-refractivity contribution >= 4 is 5.97 Å².